The van der Waals surface area contributed by atoms with Crippen molar-refractivity contribution in [1.82, 2.24) is 4.57 Å². The summed E-state index contributed by atoms with van der Waals surface area (Å²) in [5.41, 5.74) is 22.3. The van der Waals surface area contributed by atoms with E-state index in [1.54, 1.807) is 0 Å². The van der Waals surface area contributed by atoms with E-state index >= 15 is 0 Å². The highest BCUT2D eigenvalue weighted by Crippen LogP contribution is 2.43. The summed E-state index contributed by atoms with van der Waals surface area (Å²) in [7, 11) is 0. The number of nitrogens with one attached hydrogen (secondary N) is 1. The fraction of sp³-hybridized carbons (Fsp3) is 0.0704. The Morgan fingerprint density at radius 3 is 1.77 bits per heavy atom. The Hall–Kier alpha value is -9.18. The van der Waals surface area contributed by atoms with Gasteiger partial charge in [0.2, 0.25) is 0 Å². The molecule has 0 bridgehead atoms. The number of rotatable bonds is 10. The van der Waals surface area contributed by atoms with Gasteiger partial charge in [0.1, 0.15) is 0 Å². The lowest BCUT2D eigenvalue weighted by molar-refractivity contribution is 1.11. The van der Waals surface area contributed by atoms with Crippen LogP contribution in [0.25, 0.3) is 67.7 Å². The van der Waals surface area contributed by atoms with E-state index in [1.165, 1.54) is 22.3 Å². The molecule has 1 aliphatic rings. The average molecular weight is 958 g/mol. The molecule has 0 fully saturated rings. The van der Waals surface area contributed by atoms with Crippen LogP contribution in [0.1, 0.15) is 59.8 Å². The second kappa shape index (κ2) is 23.4. The average Bonchev–Trinajstić information content (AvgIpc) is 3.76. The maximum absolute atomic E-state index is 4.82. The van der Waals surface area contributed by atoms with E-state index in [9.17, 15) is 0 Å². The predicted octanol–water partition coefficient (Wildman–Crippen LogP) is 20.0. The molecule has 74 heavy (non-hydrogen) atoms. The number of benzene rings is 9. The summed E-state index contributed by atoms with van der Waals surface area (Å²) in [5.74, 6) is 0. The summed E-state index contributed by atoms with van der Waals surface area (Å²) < 4.78 is 2.36. The summed E-state index contributed by atoms with van der Waals surface area (Å²) in [5, 5.41) is 4.78. The third-order valence-corrected chi connectivity index (χ3v) is 13.4. The predicted molar refractivity (Wildman–Crippen MR) is 322 cm³/mol. The molecule has 9 aromatic carbocycles. The molecular formula is C71H63N3. The molecule has 0 atom stereocenters. The normalized spacial score (nSPS) is 13.1. The maximum Gasteiger partial charge on any atom is 0.0543 e. The summed E-state index contributed by atoms with van der Waals surface area (Å²) in [4.78, 5) is 2.26. The van der Waals surface area contributed by atoms with E-state index in [1.807, 2.05) is 44.2 Å². The molecule has 0 amide bonds. The van der Waals surface area contributed by atoms with Crippen molar-refractivity contribution in [3.05, 3.63) is 301 Å². The third kappa shape index (κ3) is 10.8. The number of allylic oxidation sites excluding steroid dienone is 5. The lowest BCUT2D eigenvalue weighted by Crippen LogP contribution is -2.12. The summed E-state index contributed by atoms with van der Waals surface area (Å²) in [6.45, 7) is 19.7. The van der Waals surface area contributed by atoms with Gasteiger partial charge in [-0.15, -0.1) is 0 Å². The van der Waals surface area contributed by atoms with Crippen molar-refractivity contribution in [2.75, 3.05) is 10.2 Å². The Labute approximate surface area is 438 Å². The minimum atomic E-state index is 0.962. The van der Waals surface area contributed by atoms with Crippen LogP contribution in [0.3, 0.4) is 0 Å². The monoisotopic (exact) mass is 958 g/mol. The first kappa shape index (κ1) is 49.8. The van der Waals surface area contributed by atoms with Crippen molar-refractivity contribution in [3.8, 4) is 27.9 Å². The van der Waals surface area contributed by atoms with Gasteiger partial charge in [0.25, 0.3) is 0 Å². The van der Waals surface area contributed by atoms with E-state index in [-0.39, 0.29) is 0 Å². The molecule has 10 aromatic rings. The number of fused-ring (bicyclic) bond motifs is 2. The Morgan fingerprint density at radius 1 is 0.541 bits per heavy atom. The van der Waals surface area contributed by atoms with Gasteiger partial charge in [0.15, 0.2) is 0 Å². The molecule has 3 heteroatoms. The smallest absolute Gasteiger partial charge is 0.0543 e. The number of hydrogen-bond acceptors (Lipinski definition) is 2. The van der Waals surface area contributed by atoms with Gasteiger partial charge in [-0.25, -0.2) is 0 Å². The SMILES string of the molecule is C=Cc1c(/C=C(\C)c2ccccc2Nc2ccccc2)n(-c2ccccc2)c2ccc(-c3ccc4c(c3)C(=C)/C(c3ccc(-c5ccccc5C)cc3)=C\C=C/N4c3ccccc3)cc12.CC.Cc1ccccc1. The van der Waals surface area contributed by atoms with Gasteiger partial charge in [-0.1, -0.05) is 209 Å². The zero-order valence-electron chi connectivity index (χ0n) is 43.1. The fourth-order valence-corrected chi connectivity index (χ4v) is 9.69. The molecule has 0 unspecified atom stereocenters. The summed E-state index contributed by atoms with van der Waals surface area (Å²) >= 11 is 0. The van der Waals surface area contributed by atoms with E-state index < -0.39 is 0 Å². The minimum Gasteiger partial charge on any atom is -0.355 e. The molecule has 0 spiro atoms. The standard InChI is InChI=1S/C62H49N3.C7H8.C2H6/c1-5-53-58-42-49(36-38-61(58)65(52-25-13-8-14-26-52)62(53)40-44(3)55-28-17-18-30-59(55)63-50-21-9-6-10-22-50)48-35-37-60-57(41-48)45(4)56(29-19-39-64(60)51-23-11-7-12-24-51)47-33-31-46(32-34-47)54-27-16-15-20-43(54)2;1-7-5-3-2-4-6-7;1-2/h5-42,63H,1,4H2,2-3H3;2-6H,1H3;1-2H3/b39-19-,44-40+,56-29+;;. The van der Waals surface area contributed by atoms with Gasteiger partial charge in [0.05, 0.1) is 16.9 Å². The van der Waals surface area contributed by atoms with Crippen LogP contribution < -0.4 is 10.2 Å². The number of aryl methyl sites for hydroxylation is 2. The molecule has 0 saturated heterocycles. The van der Waals surface area contributed by atoms with E-state index in [4.69, 9.17) is 6.58 Å². The van der Waals surface area contributed by atoms with Crippen molar-refractivity contribution in [2.24, 2.45) is 0 Å². The van der Waals surface area contributed by atoms with Crippen molar-refractivity contribution in [3.63, 3.8) is 0 Å². The Kier molecular flexibility index (Phi) is 15.7. The summed E-state index contributed by atoms with van der Waals surface area (Å²) in [6.07, 6.45) is 10.8. The molecule has 0 radical (unpaired) electrons. The molecule has 1 aromatic heterocycles. The van der Waals surface area contributed by atoms with Crippen LogP contribution >= 0.6 is 0 Å². The number of anilines is 4. The number of para-hydroxylation sites is 4. The molecule has 3 nitrogen and oxygen atoms in total. The van der Waals surface area contributed by atoms with Crippen LogP contribution in [0, 0.1) is 13.8 Å². The van der Waals surface area contributed by atoms with Crippen LogP contribution in [-0.2, 0) is 0 Å². The van der Waals surface area contributed by atoms with Crippen LogP contribution in [0.5, 0.6) is 0 Å². The van der Waals surface area contributed by atoms with Crippen molar-refractivity contribution < 1.29 is 0 Å². The first-order valence-corrected chi connectivity index (χ1v) is 25.6. The van der Waals surface area contributed by atoms with Crippen molar-refractivity contribution in [2.45, 2.75) is 34.6 Å². The van der Waals surface area contributed by atoms with E-state index in [2.05, 4.69) is 273 Å². The van der Waals surface area contributed by atoms with Crippen molar-refractivity contribution in [1.29, 1.82) is 0 Å². The second-order valence-corrected chi connectivity index (χ2v) is 18.2. The molecule has 2 heterocycles. The van der Waals surface area contributed by atoms with Crippen molar-refractivity contribution >= 4 is 62.5 Å². The molecule has 362 valence electrons. The Balaban J connectivity index is 0.000000684. The summed E-state index contributed by atoms with van der Waals surface area (Å²) in [6, 6.07) is 81.3. The first-order valence-electron chi connectivity index (χ1n) is 25.6. The lowest BCUT2D eigenvalue weighted by atomic mass is 9.88. The molecule has 11 rings (SSSR count). The molecule has 0 aliphatic carbocycles. The zero-order chi connectivity index (χ0) is 51.4. The minimum absolute atomic E-state index is 0.962. The highest BCUT2D eigenvalue weighted by Gasteiger charge is 2.22. The first-order chi connectivity index (χ1) is 36.3. The maximum atomic E-state index is 4.82. The topological polar surface area (TPSA) is 20.2 Å². The number of nitrogens with zero attached hydrogens (tertiary/aromatic N) is 2. The van der Waals surface area contributed by atoms with Gasteiger partial charge in [0, 0.05) is 51.0 Å². The van der Waals surface area contributed by atoms with Crippen LogP contribution in [0.4, 0.5) is 22.7 Å². The van der Waals surface area contributed by atoms with Gasteiger partial charge in [-0.2, -0.15) is 0 Å². The zero-order valence-corrected chi connectivity index (χ0v) is 43.1. The largest absolute Gasteiger partial charge is 0.355 e. The van der Waals surface area contributed by atoms with Crippen LogP contribution in [-0.4, -0.2) is 4.57 Å². The highest BCUT2D eigenvalue weighted by atomic mass is 15.1. The third-order valence-electron chi connectivity index (χ3n) is 13.4. The molecule has 1 aliphatic heterocycles. The molecular weight excluding hydrogens is 895 g/mol. The van der Waals surface area contributed by atoms with E-state index in [0.717, 1.165) is 95.1 Å². The molecule has 0 saturated carbocycles. The Morgan fingerprint density at radius 2 is 1.11 bits per heavy atom. The second-order valence-electron chi connectivity index (χ2n) is 18.2. The van der Waals surface area contributed by atoms with Gasteiger partial charge >= 0.3 is 0 Å². The quantitative estimate of drug-likeness (QED) is 0.147. The molecule has 1 N–H and O–H groups in total. The van der Waals surface area contributed by atoms with Crippen LogP contribution in [0.15, 0.2) is 262 Å². The van der Waals surface area contributed by atoms with Gasteiger partial charge < -0.3 is 14.8 Å². The van der Waals surface area contributed by atoms with E-state index in [0.29, 0.717) is 0 Å². The highest BCUT2D eigenvalue weighted by molar-refractivity contribution is 6.09. The lowest BCUT2D eigenvalue weighted by Gasteiger charge is -2.27. The number of aromatic nitrogens is 1. The van der Waals surface area contributed by atoms with Crippen LogP contribution in [0.2, 0.25) is 0 Å². The van der Waals surface area contributed by atoms with Gasteiger partial charge in [-0.3, -0.25) is 0 Å². The Bertz CT molecular complexity index is 3630. The van der Waals surface area contributed by atoms with Gasteiger partial charge in [-0.05, 0) is 150 Å². The number of hydrogen-bond donors (Lipinski definition) is 1. The fourth-order valence-electron chi connectivity index (χ4n) is 9.69.